The summed E-state index contributed by atoms with van der Waals surface area (Å²) in [6, 6.07) is 22.3. The number of ether oxygens (including phenoxy) is 2. The number of benzene rings is 3. The monoisotopic (exact) mass is 714 g/mol. The van der Waals surface area contributed by atoms with Crippen molar-refractivity contribution in [2.45, 2.75) is 44.8 Å². The largest absolute Gasteiger partial charge is 0.451 e. The summed E-state index contributed by atoms with van der Waals surface area (Å²) < 4.78 is 53.7. The van der Waals surface area contributed by atoms with Gasteiger partial charge in [-0.25, -0.2) is 27.5 Å². The molecule has 4 heterocycles. The Bertz CT molecular complexity index is 1870. The van der Waals surface area contributed by atoms with Gasteiger partial charge in [-0.15, -0.1) is 0 Å². The van der Waals surface area contributed by atoms with Crippen LogP contribution in [0.1, 0.15) is 43.0 Å². The van der Waals surface area contributed by atoms with Crippen LogP contribution in [-0.2, 0) is 14.8 Å². The van der Waals surface area contributed by atoms with Crippen LogP contribution in [0.3, 0.4) is 0 Å². The molecule has 0 aliphatic carbocycles. The van der Waals surface area contributed by atoms with Crippen molar-refractivity contribution in [3.8, 4) is 11.5 Å². The van der Waals surface area contributed by atoms with Crippen LogP contribution in [0.15, 0.2) is 91.4 Å². The van der Waals surface area contributed by atoms with Gasteiger partial charge in [-0.2, -0.15) is 0 Å². The van der Waals surface area contributed by atoms with Crippen LogP contribution in [0.4, 0.5) is 21.6 Å². The van der Waals surface area contributed by atoms with E-state index in [-0.39, 0.29) is 34.6 Å². The van der Waals surface area contributed by atoms with Crippen LogP contribution in [0.2, 0.25) is 0 Å². The summed E-state index contributed by atoms with van der Waals surface area (Å²) in [5.74, 6) is 0.320. The molecule has 1 spiro atoms. The molecule has 7 rings (SSSR count). The zero-order chi connectivity index (χ0) is 35.4. The van der Waals surface area contributed by atoms with Gasteiger partial charge in [0.15, 0.2) is 11.6 Å². The number of sulfonamides is 1. The molecule has 0 bridgehead atoms. The first kappa shape index (κ1) is 35.0. The fourth-order valence-corrected chi connectivity index (χ4v) is 8.12. The van der Waals surface area contributed by atoms with E-state index in [2.05, 4.69) is 24.5 Å². The molecular weight excluding hydrogens is 672 g/mol. The van der Waals surface area contributed by atoms with Gasteiger partial charge >= 0.3 is 0 Å². The molecule has 0 saturated carbocycles. The van der Waals surface area contributed by atoms with E-state index in [1.165, 1.54) is 24.5 Å². The number of aromatic nitrogens is 2. The summed E-state index contributed by atoms with van der Waals surface area (Å²) in [4.78, 5) is 29.2. The fraction of sp³-hybridized carbons (Fsp3) is 0.395. The smallest absolute Gasteiger partial charge is 0.266 e. The Balaban J connectivity index is 0.995. The second-order valence-electron chi connectivity index (χ2n) is 13.7. The number of anilines is 3. The Morgan fingerprint density at radius 3 is 2.31 bits per heavy atom. The van der Waals surface area contributed by atoms with E-state index in [1.54, 1.807) is 18.0 Å². The number of piperidine rings is 1. The second-order valence-corrected chi connectivity index (χ2v) is 15.7. The van der Waals surface area contributed by atoms with E-state index in [0.29, 0.717) is 29.5 Å². The summed E-state index contributed by atoms with van der Waals surface area (Å²) >= 11 is 0. The highest BCUT2D eigenvalue weighted by Gasteiger charge is 2.46. The first-order valence-electron chi connectivity index (χ1n) is 17.5. The molecule has 3 aliphatic rings. The van der Waals surface area contributed by atoms with Crippen LogP contribution in [0, 0.1) is 11.2 Å². The van der Waals surface area contributed by atoms with Gasteiger partial charge < -0.3 is 19.3 Å². The van der Waals surface area contributed by atoms with Crippen molar-refractivity contribution in [3.05, 3.63) is 103 Å². The maximum atomic E-state index is 14.7. The lowest BCUT2D eigenvalue weighted by atomic mass is 9.72. The number of halogens is 1. The zero-order valence-corrected chi connectivity index (χ0v) is 29.5. The highest BCUT2D eigenvalue weighted by atomic mass is 32.2. The number of carbonyl (C=O) groups is 1. The summed E-state index contributed by atoms with van der Waals surface area (Å²) in [6.45, 7) is 6.46. The number of carbonyl (C=O) groups excluding carboxylic acids is 1. The van der Waals surface area contributed by atoms with Crippen molar-refractivity contribution in [3.63, 3.8) is 0 Å². The highest BCUT2D eigenvalue weighted by molar-refractivity contribution is 7.89. The molecule has 1 N–H and O–H groups in total. The predicted molar refractivity (Wildman–Crippen MR) is 194 cm³/mol. The molecule has 0 radical (unpaired) electrons. The first-order valence-corrected chi connectivity index (χ1v) is 19.2. The molecule has 1 aromatic heterocycles. The van der Waals surface area contributed by atoms with E-state index in [4.69, 9.17) is 9.47 Å². The third-order valence-electron chi connectivity index (χ3n) is 10.1. The standard InChI is InChI=1S/C38H43FN6O5S/c1-2-51(47,48)42-29-14-15-32(49-24-29)23-43-19-17-38(18-20-43)25-44(26-38)36-35(22-40-27-41-36)50-34-16-13-28(39)21-33(34)37(46)45(30-9-5-3-6-10-30)31-11-7-4-8-12-31/h3-13,16,21-22,27,29,32,42H,2,14-15,17-20,23-26H2,1H3/t29-,32+/m1/s1. The zero-order valence-electron chi connectivity index (χ0n) is 28.7. The summed E-state index contributed by atoms with van der Waals surface area (Å²) in [5, 5.41) is 0. The van der Waals surface area contributed by atoms with Gasteiger partial charge in [0.1, 0.15) is 17.9 Å². The normalized spacial score (nSPS) is 20.5. The van der Waals surface area contributed by atoms with Gasteiger partial charge in [0.05, 0.1) is 30.2 Å². The van der Waals surface area contributed by atoms with Crippen LogP contribution in [0.5, 0.6) is 11.5 Å². The van der Waals surface area contributed by atoms with Crippen molar-refractivity contribution in [2.24, 2.45) is 5.41 Å². The van der Waals surface area contributed by atoms with Gasteiger partial charge in [-0.3, -0.25) is 9.69 Å². The number of rotatable bonds is 11. The van der Waals surface area contributed by atoms with Crippen molar-refractivity contribution in [2.75, 3.05) is 54.9 Å². The Kier molecular flexibility index (Phi) is 10.3. The van der Waals surface area contributed by atoms with Crippen molar-refractivity contribution >= 4 is 33.1 Å². The second kappa shape index (κ2) is 15.0. The number of hydrogen-bond donors (Lipinski definition) is 1. The van der Waals surface area contributed by atoms with Gasteiger partial charge in [-0.1, -0.05) is 36.4 Å². The highest BCUT2D eigenvalue weighted by Crippen LogP contribution is 2.45. The lowest BCUT2D eigenvalue weighted by molar-refractivity contribution is -0.0299. The van der Waals surface area contributed by atoms with Gasteiger partial charge in [-0.05, 0) is 88.2 Å². The lowest BCUT2D eigenvalue weighted by Gasteiger charge is -2.54. The lowest BCUT2D eigenvalue weighted by Crippen LogP contribution is -2.61. The van der Waals surface area contributed by atoms with E-state index >= 15 is 0 Å². The quantitative estimate of drug-likeness (QED) is 0.207. The molecule has 13 heteroatoms. The Hall–Kier alpha value is -4.43. The summed E-state index contributed by atoms with van der Waals surface area (Å²) in [5.41, 5.74) is 1.52. The van der Waals surface area contributed by atoms with Crippen LogP contribution >= 0.6 is 0 Å². The molecular formula is C38H43FN6O5S. The van der Waals surface area contributed by atoms with E-state index < -0.39 is 21.7 Å². The minimum absolute atomic E-state index is 0.0738. The molecule has 1 amide bonds. The molecule has 2 atom stereocenters. The van der Waals surface area contributed by atoms with E-state index in [1.807, 2.05) is 60.7 Å². The fourth-order valence-electron chi connectivity index (χ4n) is 7.26. The van der Waals surface area contributed by atoms with Gasteiger partial charge in [0.2, 0.25) is 10.0 Å². The van der Waals surface area contributed by atoms with Crippen molar-refractivity contribution in [1.29, 1.82) is 0 Å². The van der Waals surface area contributed by atoms with Gasteiger partial charge in [0, 0.05) is 42.5 Å². The average Bonchev–Trinajstić information content (AvgIpc) is 3.14. The number of hydrogen-bond acceptors (Lipinski definition) is 9. The third kappa shape index (κ3) is 8.06. The average molecular weight is 715 g/mol. The van der Waals surface area contributed by atoms with Crippen LogP contribution in [-0.4, -0.2) is 86.4 Å². The molecule has 268 valence electrons. The maximum absolute atomic E-state index is 14.7. The van der Waals surface area contributed by atoms with Gasteiger partial charge in [0.25, 0.3) is 5.91 Å². The molecule has 51 heavy (non-hydrogen) atoms. The molecule has 11 nitrogen and oxygen atoms in total. The molecule has 3 fully saturated rings. The number of amides is 1. The third-order valence-corrected chi connectivity index (χ3v) is 11.6. The Morgan fingerprint density at radius 1 is 1.00 bits per heavy atom. The van der Waals surface area contributed by atoms with Crippen molar-refractivity contribution in [1.82, 2.24) is 19.6 Å². The maximum Gasteiger partial charge on any atom is 0.266 e. The van der Waals surface area contributed by atoms with E-state index in [0.717, 1.165) is 58.4 Å². The Labute approximate surface area is 298 Å². The molecule has 4 aromatic rings. The number of nitrogens with one attached hydrogen (secondary N) is 1. The molecule has 3 aliphatic heterocycles. The Morgan fingerprint density at radius 2 is 1.69 bits per heavy atom. The van der Waals surface area contributed by atoms with E-state index in [9.17, 15) is 17.6 Å². The summed E-state index contributed by atoms with van der Waals surface area (Å²) in [6.07, 6.45) is 6.88. The molecule has 3 saturated heterocycles. The predicted octanol–water partition coefficient (Wildman–Crippen LogP) is 5.78. The molecule has 0 unspecified atom stereocenters. The minimum atomic E-state index is -3.24. The summed E-state index contributed by atoms with van der Waals surface area (Å²) in [7, 11) is -3.24. The number of likely N-dealkylation sites (tertiary alicyclic amines) is 1. The van der Waals surface area contributed by atoms with Crippen LogP contribution in [0.25, 0.3) is 0 Å². The topological polar surface area (TPSA) is 117 Å². The number of para-hydroxylation sites is 2. The SMILES string of the molecule is CCS(=O)(=O)N[C@@H]1CC[C@@H](CN2CCC3(CC2)CN(c2ncncc2Oc2ccc(F)cc2C(=O)N(c2ccccc2)c2ccccc2)C3)OC1. The van der Waals surface area contributed by atoms with Crippen molar-refractivity contribution < 1.29 is 27.1 Å². The minimum Gasteiger partial charge on any atom is -0.451 e. The number of nitrogens with zero attached hydrogens (tertiary/aromatic N) is 5. The first-order chi connectivity index (χ1) is 24.7. The van der Waals surface area contributed by atoms with Crippen LogP contribution < -0.4 is 19.3 Å². The molecule has 3 aromatic carbocycles.